The van der Waals surface area contributed by atoms with Crippen LogP contribution >= 0.6 is 0 Å². The average Bonchev–Trinajstić information content (AvgIpc) is 2.75. The molecular formula is C14H21N3O2. The summed E-state index contributed by atoms with van der Waals surface area (Å²) in [5, 5.41) is 15.3. The van der Waals surface area contributed by atoms with Crippen molar-refractivity contribution in [1.82, 2.24) is 10.2 Å². The summed E-state index contributed by atoms with van der Waals surface area (Å²) >= 11 is 0. The summed E-state index contributed by atoms with van der Waals surface area (Å²) < 4.78 is 0. The summed E-state index contributed by atoms with van der Waals surface area (Å²) in [6.07, 6.45) is 0.0549. The third-order valence-electron chi connectivity index (χ3n) is 3.12. The van der Waals surface area contributed by atoms with E-state index in [0.29, 0.717) is 13.0 Å². The maximum atomic E-state index is 12.0. The molecule has 0 aromatic heterocycles. The Balaban J connectivity index is 1.96. The van der Waals surface area contributed by atoms with Crippen LogP contribution in [0.25, 0.3) is 0 Å². The summed E-state index contributed by atoms with van der Waals surface area (Å²) in [6.45, 7) is 1.32. The molecule has 1 aromatic carbocycles. The number of carbonyl (C=O) groups is 1. The zero-order valence-electron chi connectivity index (χ0n) is 11.4. The molecule has 19 heavy (non-hydrogen) atoms. The first-order chi connectivity index (χ1) is 9.04. The molecule has 1 saturated heterocycles. The van der Waals surface area contributed by atoms with Gasteiger partial charge in [-0.1, -0.05) is 12.1 Å². The van der Waals surface area contributed by atoms with Crippen LogP contribution in [-0.2, 0) is 11.3 Å². The van der Waals surface area contributed by atoms with E-state index in [1.54, 1.807) is 0 Å². The fraction of sp³-hybridized carbons (Fsp3) is 0.500. The van der Waals surface area contributed by atoms with Gasteiger partial charge in [0.1, 0.15) is 0 Å². The fourth-order valence-electron chi connectivity index (χ4n) is 2.26. The van der Waals surface area contributed by atoms with E-state index in [2.05, 4.69) is 15.5 Å². The lowest BCUT2D eigenvalue weighted by Gasteiger charge is -2.13. The Morgan fingerprint density at radius 1 is 1.53 bits per heavy atom. The zero-order chi connectivity index (χ0) is 13.8. The lowest BCUT2D eigenvalue weighted by Crippen LogP contribution is -2.35. The number of amides is 1. The van der Waals surface area contributed by atoms with E-state index < -0.39 is 6.10 Å². The van der Waals surface area contributed by atoms with Crippen molar-refractivity contribution in [2.75, 3.05) is 26.0 Å². The maximum Gasteiger partial charge on any atom is 0.241 e. The van der Waals surface area contributed by atoms with Gasteiger partial charge < -0.3 is 20.6 Å². The third-order valence-corrected chi connectivity index (χ3v) is 3.12. The van der Waals surface area contributed by atoms with Crippen LogP contribution in [0.2, 0.25) is 0 Å². The molecule has 1 fully saturated rings. The number of β-amino-alcohol motifs (C(OH)–C–C–N with tert-alkyl or cyclic N) is 1. The molecular weight excluding hydrogens is 242 g/mol. The van der Waals surface area contributed by atoms with Crippen LogP contribution in [-0.4, -0.2) is 48.7 Å². The van der Waals surface area contributed by atoms with Crippen LogP contribution in [0.3, 0.4) is 0 Å². The predicted molar refractivity (Wildman–Crippen MR) is 74.9 cm³/mol. The largest absolute Gasteiger partial charge is 0.392 e. The van der Waals surface area contributed by atoms with E-state index in [9.17, 15) is 9.90 Å². The number of benzene rings is 1. The Labute approximate surface area is 113 Å². The van der Waals surface area contributed by atoms with Gasteiger partial charge in [-0.05, 0) is 38.2 Å². The van der Waals surface area contributed by atoms with Gasteiger partial charge in [-0.15, -0.1) is 0 Å². The first-order valence-corrected chi connectivity index (χ1v) is 6.50. The first-order valence-electron chi connectivity index (χ1n) is 6.50. The minimum atomic E-state index is -0.421. The van der Waals surface area contributed by atoms with Crippen LogP contribution in [0.1, 0.15) is 12.0 Å². The number of hydrogen-bond donors (Lipinski definition) is 3. The quantitative estimate of drug-likeness (QED) is 0.736. The molecule has 5 nitrogen and oxygen atoms in total. The van der Waals surface area contributed by atoms with Crippen molar-refractivity contribution < 1.29 is 9.90 Å². The van der Waals surface area contributed by atoms with Crippen molar-refractivity contribution >= 4 is 11.6 Å². The molecule has 2 unspecified atom stereocenters. The number of aliphatic hydroxyl groups excluding tert-OH is 1. The van der Waals surface area contributed by atoms with E-state index in [0.717, 1.165) is 17.8 Å². The number of anilines is 1. The van der Waals surface area contributed by atoms with Crippen molar-refractivity contribution in [3.05, 3.63) is 29.8 Å². The van der Waals surface area contributed by atoms with Crippen LogP contribution in [0.15, 0.2) is 24.3 Å². The van der Waals surface area contributed by atoms with Gasteiger partial charge in [-0.3, -0.25) is 4.79 Å². The van der Waals surface area contributed by atoms with Gasteiger partial charge in [0.25, 0.3) is 0 Å². The van der Waals surface area contributed by atoms with Gasteiger partial charge in [-0.2, -0.15) is 0 Å². The van der Waals surface area contributed by atoms with Crippen molar-refractivity contribution in [2.45, 2.75) is 25.1 Å². The Morgan fingerprint density at radius 3 is 2.95 bits per heavy atom. The highest BCUT2D eigenvalue weighted by atomic mass is 16.3. The minimum absolute atomic E-state index is 0.0847. The highest BCUT2D eigenvalue weighted by molar-refractivity contribution is 5.95. The van der Waals surface area contributed by atoms with E-state index in [-0.39, 0.29) is 11.9 Å². The predicted octanol–water partition coefficient (Wildman–Crippen LogP) is 0.409. The minimum Gasteiger partial charge on any atom is -0.392 e. The number of carbonyl (C=O) groups excluding carboxylic acids is 1. The molecule has 1 aliphatic heterocycles. The molecule has 2 atom stereocenters. The van der Waals surface area contributed by atoms with Gasteiger partial charge in [0, 0.05) is 18.8 Å². The van der Waals surface area contributed by atoms with E-state index in [4.69, 9.17) is 0 Å². The van der Waals surface area contributed by atoms with E-state index in [1.807, 2.05) is 38.4 Å². The topological polar surface area (TPSA) is 64.6 Å². The van der Waals surface area contributed by atoms with Crippen molar-refractivity contribution in [3.63, 3.8) is 0 Å². The molecule has 0 saturated carbocycles. The maximum absolute atomic E-state index is 12.0. The van der Waals surface area contributed by atoms with Crippen molar-refractivity contribution in [1.29, 1.82) is 0 Å². The molecule has 5 heteroatoms. The summed E-state index contributed by atoms with van der Waals surface area (Å²) in [6, 6.07) is 7.53. The highest BCUT2D eigenvalue weighted by Crippen LogP contribution is 2.14. The molecule has 104 valence electrons. The lowest BCUT2D eigenvalue weighted by molar-refractivity contribution is -0.117. The van der Waals surface area contributed by atoms with Gasteiger partial charge in [0.05, 0.1) is 12.1 Å². The summed E-state index contributed by atoms with van der Waals surface area (Å²) in [5.41, 5.74) is 1.95. The molecule has 3 N–H and O–H groups in total. The zero-order valence-corrected chi connectivity index (χ0v) is 11.4. The third kappa shape index (κ3) is 4.02. The number of aliphatic hydroxyl groups is 1. The van der Waals surface area contributed by atoms with E-state index in [1.165, 1.54) is 0 Å². The summed E-state index contributed by atoms with van der Waals surface area (Å²) in [5.74, 6) is -0.0847. The fourth-order valence-corrected chi connectivity index (χ4v) is 2.26. The molecule has 1 aromatic rings. The standard InChI is InChI=1S/C14H21N3O2/c1-17(2)9-10-4-3-5-11(6-10)16-14(19)13-7-12(18)8-15-13/h3-6,12-13,15,18H,7-9H2,1-2H3,(H,16,19). The van der Waals surface area contributed by atoms with Crippen LogP contribution in [0.5, 0.6) is 0 Å². The second-order valence-corrected chi connectivity index (χ2v) is 5.28. The molecule has 1 amide bonds. The van der Waals surface area contributed by atoms with Crippen LogP contribution < -0.4 is 10.6 Å². The van der Waals surface area contributed by atoms with Crippen molar-refractivity contribution in [3.8, 4) is 0 Å². The highest BCUT2D eigenvalue weighted by Gasteiger charge is 2.27. The molecule has 0 aliphatic carbocycles. The first kappa shape index (κ1) is 14.0. The number of nitrogens with zero attached hydrogens (tertiary/aromatic N) is 1. The average molecular weight is 263 g/mol. The SMILES string of the molecule is CN(C)Cc1cccc(NC(=O)C2CC(O)CN2)c1. The monoisotopic (exact) mass is 263 g/mol. The normalized spacial score (nSPS) is 22.7. The Hall–Kier alpha value is -1.43. The molecule has 0 spiro atoms. The molecule has 1 heterocycles. The summed E-state index contributed by atoms with van der Waals surface area (Å²) in [7, 11) is 4.02. The number of rotatable bonds is 4. The Kier molecular flexibility index (Phi) is 4.52. The van der Waals surface area contributed by atoms with Gasteiger partial charge in [-0.25, -0.2) is 0 Å². The second kappa shape index (κ2) is 6.14. The second-order valence-electron chi connectivity index (χ2n) is 5.28. The molecule has 0 radical (unpaired) electrons. The number of nitrogens with one attached hydrogen (secondary N) is 2. The lowest BCUT2D eigenvalue weighted by atomic mass is 10.1. The van der Waals surface area contributed by atoms with Crippen LogP contribution in [0.4, 0.5) is 5.69 Å². The molecule has 2 rings (SSSR count). The van der Waals surface area contributed by atoms with Crippen LogP contribution in [0, 0.1) is 0 Å². The smallest absolute Gasteiger partial charge is 0.241 e. The Morgan fingerprint density at radius 2 is 2.32 bits per heavy atom. The van der Waals surface area contributed by atoms with Gasteiger partial charge >= 0.3 is 0 Å². The summed E-state index contributed by atoms with van der Waals surface area (Å²) in [4.78, 5) is 14.1. The van der Waals surface area contributed by atoms with Crippen molar-refractivity contribution in [2.24, 2.45) is 0 Å². The van der Waals surface area contributed by atoms with E-state index >= 15 is 0 Å². The number of hydrogen-bond acceptors (Lipinski definition) is 4. The van der Waals surface area contributed by atoms with Gasteiger partial charge in [0.2, 0.25) is 5.91 Å². The van der Waals surface area contributed by atoms with Gasteiger partial charge in [0.15, 0.2) is 0 Å². The Bertz CT molecular complexity index is 448. The molecule has 0 bridgehead atoms. The molecule has 1 aliphatic rings.